The minimum Gasteiger partial charge on any atom is -0.497 e. The summed E-state index contributed by atoms with van der Waals surface area (Å²) < 4.78 is 11.1. The van der Waals surface area contributed by atoms with E-state index in [2.05, 4.69) is 21.7 Å². The van der Waals surface area contributed by atoms with E-state index >= 15 is 0 Å². The van der Waals surface area contributed by atoms with Crippen molar-refractivity contribution in [2.75, 3.05) is 13.7 Å². The molecule has 0 bridgehead atoms. The van der Waals surface area contributed by atoms with Crippen LogP contribution in [0.4, 0.5) is 0 Å². The van der Waals surface area contributed by atoms with Crippen molar-refractivity contribution in [2.24, 2.45) is 0 Å². The molecule has 7 heteroatoms. The molecule has 0 aliphatic rings. The lowest BCUT2D eigenvalue weighted by atomic mass is 10.0. The highest BCUT2D eigenvalue weighted by atomic mass is 32.1. The lowest BCUT2D eigenvalue weighted by Crippen LogP contribution is -2.28. The number of hydrogen-bond acceptors (Lipinski definition) is 6. The average molecular weight is 456 g/mol. The highest BCUT2D eigenvalue weighted by molar-refractivity contribution is 7.08. The van der Waals surface area contributed by atoms with E-state index in [1.807, 2.05) is 60.0 Å². The predicted molar refractivity (Wildman–Crippen MR) is 131 cm³/mol. The predicted octanol–water partition coefficient (Wildman–Crippen LogP) is 5.22. The lowest BCUT2D eigenvalue weighted by molar-refractivity contribution is -0.123. The minimum absolute atomic E-state index is 0.0833. The van der Waals surface area contributed by atoms with E-state index in [0.717, 1.165) is 44.4 Å². The summed E-state index contributed by atoms with van der Waals surface area (Å²) in [6, 6.07) is 19.3. The van der Waals surface area contributed by atoms with E-state index in [9.17, 15) is 4.79 Å². The van der Waals surface area contributed by atoms with Gasteiger partial charge in [-0.2, -0.15) is 11.3 Å². The molecule has 33 heavy (non-hydrogen) atoms. The Labute approximate surface area is 194 Å². The van der Waals surface area contributed by atoms with Gasteiger partial charge in [-0.05, 0) is 59.5 Å². The topological polar surface area (TPSA) is 73.3 Å². The smallest absolute Gasteiger partial charge is 0.258 e. The molecule has 0 atom stereocenters. The fraction of sp³-hybridized carbons (Fsp3) is 0.115. The van der Waals surface area contributed by atoms with E-state index in [-0.39, 0.29) is 12.5 Å². The molecule has 1 amide bonds. The van der Waals surface area contributed by atoms with Crippen molar-refractivity contribution < 1.29 is 14.3 Å². The van der Waals surface area contributed by atoms with Crippen molar-refractivity contribution in [3.05, 3.63) is 83.2 Å². The number of carbonyl (C=O) groups excluding carboxylic acids is 1. The van der Waals surface area contributed by atoms with Gasteiger partial charge < -0.3 is 14.8 Å². The summed E-state index contributed by atoms with van der Waals surface area (Å²) >= 11 is 1.61. The number of carbonyl (C=O) groups is 1. The fourth-order valence-corrected chi connectivity index (χ4v) is 4.33. The first kappa shape index (κ1) is 20.9. The number of hydrogen-bond donors (Lipinski definition) is 1. The fourth-order valence-electron chi connectivity index (χ4n) is 3.69. The maximum absolute atomic E-state index is 12.6. The van der Waals surface area contributed by atoms with Crippen LogP contribution in [0.25, 0.3) is 33.1 Å². The van der Waals surface area contributed by atoms with Crippen LogP contribution in [0.5, 0.6) is 11.5 Å². The van der Waals surface area contributed by atoms with Crippen LogP contribution in [0.1, 0.15) is 5.56 Å². The van der Waals surface area contributed by atoms with E-state index < -0.39 is 0 Å². The van der Waals surface area contributed by atoms with Gasteiger partial charge in [-0.3, -0.25) is 9.78 Å². The Morgan fingerprint density at radius 2 is 2.00 bits per heavy atom. The number of ether oxygens (including phenoxy) is 2. The SMILES string of the molecule is COc1ccc2cc(CNC(=O)COc3cccc4ncccc34)c(-c3ccsc3)nc2c1. The van der Waals surface area contributed by atoms with Crippen molar-refractivity contribution in [1.82, 2.24) is 15.3 Å². The Hall–Kier alpha value is -3.97. The largest absolute Gasteiger partial charge is 0.497 e. The van der Waals surface area contributed by atoms with Gasteiger partial charge in [0.25, 0.3) is 5.91 Å². The summed E-state index contributed by atoms with van der Waals surface area (Å²) in [5.41, 5.74) is 4.48. The monoisotopic (exact) mass is 455 g/mol. The van der Waals surface area contributed by atoms with Crippen molar-refractivity contribution >= 4 is 39.0 Å². The molecule has 3 heterocycles. The quantitative estimate of drug-likeness (QED) is 0.364. The number of aromatic nitrogens is 2. The second kappa shape index (κ2) is 9.26. The highest BCUT2D eigenvalue weighted by Crippen LogP contribution is 2.29. The number of benzene rings is 2. The number of nitrogens with zero attached hydrogens (tertiary/aromatic N) is 2. The van der Waals surface area contributed by atoms with Crippen molar-refractivity contribution in [2.45, 2.75) is 6.54 Å². The molecule has 6 nitrogen and oxygen atoms in total. The van der Waals surface area contributed by atoms with Gasteiger partial charge in [0.1, 0.15) is 11.5 Å². The maximum atomic E-state index is 12.6. The summed E-state index contributed by atoms with van der Waals surface area (Å²) in [4.78, 5) is 21.8. The van der Waals surface area contributed by atoms with Gasteiger partial charge in [-0.25, -0.2) is 4.98 Å². The van der Waals surface area contributed by atoms with Crippen LogP contribution in [0.2, 0.25) is 0 Å². The zero-order valence-corrected chi connectivity index (χ0v) is 18.8. The molecule has 0 saturated carbocycles. The van der Waals surface area contributed by atoms with E-state index in [1.54, 1.807) is 24.6 Å². The number of fused-ring (bicyclic) bond motifs is 2. The molecule has 0 fully saturated rings. The summed E-state index contributed by atoms with van der Waals surface area (Å²) in [5.74, 6) is 1.19. The standard InChI is InChI=1S/C26H21N3O3S/c1-31-20-8-7-17-12-19(26(29-23(17)13-20)18-9-11-33-16-18)14-28-25(30)15-32-24-6-2-5-22-21(24)4-3-10-27-22/h2-13,16H,14-15H2,1H3,(H,28,30). The van der Waals surface area contributed by atoms with Gasteiger partial charge in [0.15, 0.2) is 6.61 Å². The van der Waals surface area contributed by atoms with E-state index in [0.29, 0.717) is 12.3 Å². The van der Waals surface area contributed by atoms with Crippen molar-refractivity contribution in [1.29, 1.82) is 0 Å². The molecule has 0 unspecified atom stereocenters. The molecule has 0 saturated heterocycles. The zero-order chi connectivity index (χ0) is 22.6. The van der Waals surface area contributed by atoms with Crippen LogP contribution in [0.15, 0.2) is 77.6 Å². The average Bonchev–Trinajstić information content (AvgIpc) is 3.40. The Kier molecular flexibility index (Phi) is 5.87. The maximum Gasteiger partial charge on any atom is 0.258 e. The Morgan fingerprint density at radius 1 is 1.06 bits per heavy atom. The van der Waals surface area contributed by atoms with Crippen LogP contribution < -0.4 is 14.8 Å². The summed E-state index contributed by atoms with van der Waals surface area (Å²) in [7, 11) is 1.64. The molecule has 0 radical (unpaired) electrons. The number of thiophene rings is 1. The molecular weight excluding hydrogens is 434 g/mol. The first-order valence-corrected chi connectivity index (χ1v) is 11.4. The molecule has 3 aromatic heterocycles. The van der Waals surface area contributed by atoms with Gasteiger partial charge >= 0.3 is 0 Å². The van der Waals surface area contributed by atoms with Crippen LogP contribution >= 0.6 is 11.3 Å². The summed E-state index contributed by atoms with van der Waals surface area (Å²) in [6.07, 6.45) is 1.73. The molecule has 164 valence electrons. The first-order chi connectivity index (χ1) is 16.2. The van der Waals surface area contributed by atoms with E-state index in [1.165, 1.54) is 0 Å². The number of nitrogens with one attached hydrogen (secondary N) is 1. The van der Waals surface area contributed by atoms with Gasteiger partial charge in [0.2, 0.25) is 0 Å². The molecule has 0 aliphatic carbocycles. The van der Waals surface area contributed by atoms with Crippen LogP contribution in [-0.4, -0.2) is 29.6 Å². The molecule has 1 N–H and O–H groups in total. The number of amides is 1. The normalized spacial score (nSPS) is 10.9. The molecule has 0 spiro atoms. The molecule has 5 rings (SSSR count). The van der Waals surface area contributed by atoms with Crippen LogP contribution in [0.3, 0.4) is 0 Å². The number of methoxy groups -OCH3 is 1. The Balaban J connectivity index is 1.34. The first-order valence-electron chi connectivity index (χ1n) is 10.4. The van der Waals surface area contributed by atoms with E-state index in [4.69, 9.17) is 14.5 Å². The molecule has 2 aromatic carbocycles. The lowest BCUT2D eigenvalue weighted by Gasteiger charge is -2.13. The third-order valence-corrected chi connectivity index (χ3v) is 6.02. The van der Waals surface area contributed by atoms with Crippen LogP contribution in [-0.2, 0) is 11.3 Å². The summed E-state index contributed by atoms with van der Waals surface area (Å²) in [6.45, 7) is 0.263. The number of rotatable bonds is 7. The third-order valence-electron chi connectivity index (χ3n) is 5.34. The zero-order valence-electron chi connectivity index (χ0n) is 17.9. The van der Waals surface area contributed by atoms with Crippen LogP contribution in [0, 0.1) is 0 Å². The molecular formula is C26H21N3O3S. The second-order valence-corrected chi connectivity index (χ2v) is 8.24. The Morgan fingerprint density at radius 3 is 2.85 bits per heavy atom. The van der Waals surface area contributed by atoms with Gasteiger partial charge in [-0.15, -0.1) is 0 Å². The van der Waals surface area contributed by atoms with Gasteiger partial charge in [-0.1, -0.05) is 6.07 Å². The van der Waals surface area contributed by atoms with Gasteiger partial charge in [0, 0.05) is 40.5 Å². The van der Waals surface area contributed by atoms with Gasteiger partial charge in [0.05, 0.1) is 23.8 Å². The molecule has 0 aliphatic heterocycles. The highest BCUT2D eigenvalue weighted by Gasteiger charge is 2.13. The van der Waals surface area contributed by atoms with Crippen molar-refractivity contribution in [3.8, 4) is 22.8 Å². The second-order valence-electron chi connectivity index (χ2n) is 7.46. The minimum atomic E-state index is -0.206. The Bertz CT molecular complexity index is 1430. The molecule has 5 aromatic rings. The number of pyridine rings is 2. The third kappa shape index (κ3) is 4.49. The van der Waals surface area contributed by atoms with Crippen molar-refractivity contribution in [3.63, 3.8) is 0 Å². The summed E-state index contributed by atoms with van der Waals surface area (Å²) in [5, 5.41) is 8.90.